The number of carbonyl (C=O) groups excluding carboxylic acids is 2. The quantitative estimate of drug-likeness (QED) is 0.599. The van der Waals surface area contributed by atoms with E-state index in [0.717, 1.165) is 58.0 Å². The van der Waals surface area contributed by atoms with Gasteiger partial charge in [0.1, 0.15) is 0 Å². The van der Waals surface area contributed by atoms with Gasteiger partial charge in [0, 0.05) is 29.4 Å². The van der Waals surface area contributed by atoms with E-state index < -0.39 is 9.84 Å². The number of amides is 2. The summed E-state index contributed by atoms with van der Waals surface area (Å²) in [6.07, 6.45) is 8.35. The summed E-state index contributed by atoms with van der Waals surface area (Å²) >= 11 is 1.71. The number of hydrogen-bond acceptors (Lipinski definition) is 6. The van der Waals surface area contributed by atoms with Gasteiger partial charge in [-0.25, -0.2) is 8.42 Å². The highest BCUT2D eigenvalue weighted by atomic mass is 32.2. The van der Waals surface area contributed by atoms with Gasteiger partial charge in [0.05, 0.1) is 18.1 Å². The third kappa shape index (κ3) is 6.79. The zero-order valence-corrected chi connectivity index (χ0v) is 21.0. The largest absolute Gasteiger partial charge is 0.355 e. The summed E-state index contributed by atoms with van der Waals surface area (Å²) in [5.74, 6) is 0.513. The number of likely N-dealkylation sites (tertiary alicyclic amines) is 1. The average molecular weight is 496 g/mol. The van der Waals surface area contributed by atoms with Crippen molar-refractivity contribution < 1.29 is 18.0 Å². The van der Waals surface area contributed by atoms with Crippen molar-refractivity contribution in [1.29, 1.82) is 0 Å². The van der Waals surface area contributed by atoms with E-state index in [-0.39, 0.29) is 41.3 Å². The van der Waals surface area contributed by atoms with Crippen LogP contribution in [-0.4, -0.2) is 79.8 Å². The lowest BCUT2D eigenvalue weighted by Crippen LogP contribution is -2.53. The molecule has 1 saturated carbocycles. The first-order valence-electron chi connectivity index (χ1n) is 12.5. The number of hydrogen-bond donors (Lipinski definition) is 1. The van der Waals surface area contributed by atoms with Crippen molar-refractivity contribution >= 4 is 33.0 Å². The molecule has 2 aliphatic heterocycles. The van der Waals surface area contributed by atoms with E-state index in [2.05, 4.69) is 21.7 Å². The lowest BCUT2D eigenvalue weighted by atomic mass is 9.92. The molecular formula is C24H37N3O4S2. The average Bonchev–Trinajstić information content (AvgIpc) is 3.44. The smallest absolute Gasteiger partial charge is 0.237 e. The summed E-state index contributed by atoms with van der Waals surface area (Å²) in [6.45, 7) is 2.46. The first kappa shape index (κ1) is 24.7. The van der Waals surface area contributed by atoms with Crippen LogP contribution in [-0.2, 0) is 25.8 Å². The third-order valence-corrected chi connectivity index (χ3v) is 10.1. The highest BCUT2D eigenvalue weighted by Crippen LogP contribution is 2.29. The van der Waals surface area contributed by atoms with Crippen molar-refractivity contribution in [1.82, 2.24) is 15.1 Å². The predicted molar refractivity (Wildman–Crippen MR) is 131 cm³/mol. The number of rotatable bonds is 8. The van der Waals surface area contributed by atoms with E-state index in [1.54, 1.807) is 11.3 Å². The summed E-state index contributed by atoms with van der Waals surface area (Å²) in [5.41, 5.74) is 0. The highest BCUT2D eigenvalue weighted by molar-refractivity contribution is 7.91. The molecule has 3 heterocycles. The maximum Gasteiger partial charge on any atom is 0.237 e. The molecule has 1 aliphatic carbocycles. The topological polar surface area (TPSA) is 86.8 Å². The van der Waals surface area contributed by atoms with Crippen LogP contribution in [0.5, 0.6) is 0 Å². The van der Waals surface area contributed by atoms with Crippen LogP contribution in [0, 0.1) is 5.92 Å². The summed E-state index contributed by atoms with van der Waals surface area (Å²) in [4.78, 5) is 31.3. The van der Waals surface area contributed by atoms with Crippen LogP contribution in [0.15, 0.2) is 17.5 Å². The third-order valence-electron chi connectivity index (χ3n) is 7.43. The van der Waals surface area contributed by atoms with Crippen molar-refractivity contribution in [2.45, 2.75) is 69.9 Å². The number of piperidine rings is 1. The molecule has 4 rings (SSSR count). The molecule has 33 heavy (non-hydrogen) atoms. The minimum atomic E-state index is -3.04. The Morgan fingerprint density at radius 1 is 1.06 bits per heavy atom. The van der Waals surface area contributed by atoms with Gasteiger partial charge in [-0.15, -0.1) is 11.3 Å². The minimum Gasteiger partial charge on any atom is -0.355 e. The van der Waals surface area contributed by atoms with Gasteiger partial charge in [-0.05, 0) is 63.1 Å². The van der Waals surface area contributed by atoms with Crippen LogP contribution in [0.3, 0.4) is 0 Å². The molecule has 184 valence electrons. The Bertz CT molecular complexity index is 889. The van der Waals surface area contributed by atoms with Crippen molar-refractivity contribution in [2.24, 2.45) is 5.92 Å². The molecule has 1 aromatic rings. The van der Waals surface area contributed by atoms with E-state index in [4.69, 9.17) is 0 Å². The van der Waals surface area contributed by atoms with Crippen LogP contribution in [0.2, 0.25) is 0 Å². The minimum absolute atomic E-state index is 0.00844. The van der Waals surface area contributed by atoms with Gasteiger partial charge in [0.15, 0.2) is 9.84 Å². The van der Waals surface area contributed by atoms with Crippen LogP contribution in [0.1, 0.15) is 56.2 Å². The number of nitrogens with zero attached hydrogens (tertiary/aromatic N) is 2. The fraction of sp³-hybridized carbons (Fsp3) is 0.750. The van der Waals surface area contributed by atoms with Crippen LogP contribution >= 0.6 is 11.3 Å². The van der Waals surface area contributed by atoms with Crippen molar-refractivity contribution in [3.8, 4) is 0 Å². The number of nitrogens with one attached hydrogen (secondary N) is 1. The first-order valence-corrected chi connectivity index (χ1v) is 15.2. The van der Waals surface area contributed by atoms with Crippen LogP contribution < -0.4 is 5.32 Å². The van der Waals surface area contributed by atoms with Gasteiger partial charge in [-0.1, -0.05) is 25.3 Å². The molecule has 2 amide bonds. The highest BCUT2D eigenvalue weighted by Gasteiger charge is 2.39. The Labute approximate surface area is 201 Å². The SMILES string of the molecule is O=C(NCCc1cccs1)C1CCN(CC(=O)N(C2CCCCC2)C2CCS(=O)(=O)C2)CC1. The first-order chi connectivity index (χ1) is 15.9. The van der Waals surface area contributed by atoms with Gasteiger partial charge in [0.2, 0.25) is 11.8 Å². The zero-order chi connectivity index (χ0) is 23.3. The van der Waals surface area contributed by atoms with E-state index in [1.807, 2.05) is 11.0 Å². The molecule has 0 bridgehead atoms. The van der Waals surface area contributed by atoms with Gasteiger partial charge >= 0.3 is 0 Å². The molecule has 1 unspecified atom stereocenters. The van der Waals surface area contributed by atoms with Crippen LogP contribution in [0.25, 0.3) is 0 Å². The Kier molecular flexibility index (Phi) is 8.46. The van der Waals surface area contributed by atoms with Crippen molar-refractivity contribution in [3.05, 3.63) is 22.4 Å². The molecule has 1 N–H and O–H groups in total. The molecule has 3 fully saturated rings. The Balaban J connectivity index is 1.26. The van der Waals surface area contributed by atoms with Crippen molar-refractivity contribution in [3.63, 3.8) is 0 Å². The van der Waals surface area contributed by atoms with E-state index >= 15 is 0 Å². The second-order valence-electron chi connectivity index (χ2n) is 9.82. The maximum atomic E-state index is 13.4. The normalized spacial score (nSPS) is 24.5. The fourth-order valence-electron chi connectivity index (χ4n) is 5.59. The Morgan fingerprint density at radius 2 is 1.82 bits per heavy atom. The zero-order valence-electron chi connectivity index (χ0n) is 19.4. The summed E-state index contributed by atoms with van der Waals surface area (Å²) in [7, 11) is -3.04. The molecule has 0 radical (unpaired) electrons. The summed E-state index contributed by atoms with van der Waals surface area (Å²) in [6, 6.07) is 4.12. The summed E-state index contributed by atoms with van der Waals surface area (Å²) in [5, 5.41) is 5.12. The monoisotopic (exact) mass is 495 g/mol. The number of thiophene rings is 1. The second kappa shape index (κ2) is 11.3. The van der Waals surface area contributed by atoms with Gasteiger partial charge in [-0.3, -0.25) is 14.5 Å². The molecule has 7 nitrogen and oxygen atoms in total. The van der Waals surface area contributed by atoms with E-state index in [0.29, 0.717) is 19.5 Å². The molecular weight excluding hydrogens is 458 g/mol. The van der Waals surface area contributed by atoms with Gasteiger partial charge in [0.25, 0.3) is 0 Å². The van der Waals surface area contributed by atoms with Gasteiger partial charge in [-0.2, -0.15) is 0 Å². The molecule has 1 atom stereocenters. The standard InChI is InChI=1S/C24H37N3O4S2/c28-23(27(20-5-2-1-3-6-20)21-11-16-33(30,31)18-21)17-26-13-9-19(10-14-26)24(29)25-12-8-22-7-4-15-32-22/h4,7,15,19-21H,1-3,5-6,8-14,16-18H2,(H,25,29). The molecule has 1 aromatic heterocycles. The lowest BCUT2D eigenvalue weighted by molar-refractivity contribution is -0.138. The number of sulfone groups is 1. The molecule has 0 spiro atoms. The lowest BCUT2D eigenvalue weighted by Gasteiger charge is -2.40. The molecule has 0 aromatic carbocycles. The summed E-state index contributed by atoms with van der Waals surface area (Å²) < 4.78 is 24.2. The van der Waals surface area contributed by atoms with E-state index in [1.165, 1.54) is 11.3 Å². The predicted octanol–water partition coefficient (Wildman–Crippen LogP) is 2.47. The second-order valence-corrected chi connectivity index (χ2v) is 13.1. The maximum absolute atomic E-state index is 13.4. The Morgan fingerprint density at radius 3 is 2.45 bits per heavy atom. The van der Waals surface area contributed by atoms with Gasteiger partial charge < -0.3 is 10.2 Å². The van der Waals surface area contributed by atoms with Crippen molar-refractivity contribution in [2.75, 3.05) is 37.7 Å². The molecule has 9 heteroatoms. The fourth-order valence-corrected chi connectivity index (χ4v) is 8.01. The number of carbonyl (C=O) groups is 2. The van der Waals surface area contributed by atoms with E-state index in [9.17, 15) is 18.0 Å². The van der Waals surface area contributed by atoms with Crippen LogP contribution in [0.4, 0.5) is 0 Å². The Hall–Kier alpha value is -1.45. The molecule has 2 saturated heterocycles. The molecule has 3 aliphatic rings.